The number of aryl methyl sites for hydroxylation is 1. The van der Waals surface area contributed by atoms with Crippen molar-refractivity contribution in [2.75, 3.05) is 5.32 Å². The molecule has 0 atom stereocenters. The van der Waals surface area contributed by atoms with E-state index >= 15 is 0 Å². The van der Waals surface area contributed by atoms with E-state index < -0.39 is 11.9 Å². The molecule has 138 valence electrons. The summed E-state index contributed by atoms with van der Waals surface area (Å²) in [7, 11) is 0. The number of nitrogens with zero attached hydrogens (tertiary/aromatic N) is 3. The van der Waals surface area contributed by atoms with Crippen LogP contribution in [0, 0.1) is 0 Å². The van der Waals surface area contributed by atoms with Gasteiger partial charge in [-0.1, -0.05) is 17.7 Å². The molecule has 1 aliphatic carbocycles. The lowest BCUT2D eigenvalue weighted by Crippen LogP contribution is -2.22. The molecule has 0 radical (unpaired) electrons. The Morgan fingerprint density at radius 1 is 1.33 bits per heavy atom. The largest absolute Gasteiger partial charge is 0.365 e. The van der Waals surface area contributed by atoms with E-state index in [1.165, 1.54) is 11.3 Å². The first kappa shape index (κ1) is 17.5. The second kappa shape index (κ2) is 6.67. The maximum absolute atomic E-state index is 11.9. The maximum Gasteiger partial charge on any atom is 0.317 e. The zero-order valence-electron chi connectivity index (χ0n) is 14.0. The van der Waals surface area contributed by atoms with Crippen LogP contribution in [0.5, 0.6) is 0 Å². The van der Waals surface area contributed by atoms with Crippen molar-refractivity contribution < 1.29 is 9.59 Å². The van der Waals surface area contributed by atoms with E-state index in [-0.39, 0.29) is 0 Å². The van der Waals surface area contributed by atoms with Crippen molar-refractivity contribution in [3.8, 4) is 10.4 Å². The van der Waals surface area contributed by atoms with Crippen molar-refractivity contribution in [1.82, 2.24) is 14.8 Å². The Morgan fingerprint density at radius 2 is 2.15 bits per heavy atom. The number of aromatic nitrogens is 3. The van der Waals surface area contributed by atoms with Crippen LogP contribution in [0.2, 0.25) is 5.15 Å². The third-order valence-corrected chi connectivity index (χ3v) is 5.87. The molecule has 8 nitrogen and oxygen atoms in total. The number of carbonyl (C=O) groups excluding carboxylic acids is 2. The van der Waals surface area contributed by atoms with Gasteiger partial charge in [0.05, 0.1) is 17.8 Å². The number of amides is 3. The van der Waals surface area contributed by atoms with Crippen molar-refractivity contribution in [3.05, 3.63) is 52.1 Å². The van der Waals surface area contributed by atoms with Gasteiger partial charge in [-0.25, -0.2) is 9.78 Å². The molecule has 1 aliphatic rings. The molecule has 0 aromatic carbocycles. The highest BCUT2D eigenvalue weighted by Crippen LogP contribution is 2.44. The summed E-state index contributed by atoms with van der Waals surface area (Å²) < 4.78 is 1.80. The molecule has 3 aromatic rings. The minimum atomic E-state index is -0.738. The Hall–Kier alpha value is -2.91. The predicted octanol–water partition coefficient (Wildman–Crippen LogP) is 2.40. The second-order valence-electron chi connectivity index (χ2n) is 6.11. The molecule has 0 unspecified atom stereocenters. The average Bonchev–Trinajstić information content (AvgIpc) is 3.16. The number of nitrogens with one attached hydrogen (secondary N) is 1. The molecule has 0 aliphatic heterocycles. The van der Waals surface area contributed by atoms with Crippen LogP contribution >= 0.6 is 22.9 Å². The van der Waals surface area contributed by atoms with E-state index in [1.807, 2.05) is 18.3 Å². The first-order valence-corrected chi connectivity index (χ1v) is 9.31. The van der Waals surface area contributed by atoms with Crippen molar-refractivity contribution in [2.24, 2.45) is 11.5 Å². The SMILES string of the molecule is NC(=O)Nc1sc2c(c1C(N)=O)CCc1nn(Cc3cccnc3Cl)cc1-2. The quantitative estimate of drug-likeness (QED) is 0.578. The van der Waals surface area contributed by atoms with Gasteiger partial charge in [0.2, 0.25) is 0 Å². The van der Waals surface area contributed by atoms with Gasteiger partial charge < -0.3 is 11.5 Å². The number of primary amides is 2. The summed E-state index contributed by atoms with van der Waals surface area (Å²) in [6.45, 7) is 0.482. The fraction of sp³-hybridized carbons (Fsp3) is 0.176. The number of pyridine rings is 1. The topological polar surface area (TPSA) is 129 Å². The summed E-state index contributed by atoms with van der Waals surface area (Å²) in [5.74, 6) is -0.589. The fourth-order valence-corrected chi connectivity index (χ4v) is 4.72. The van der Waals surface area contributed by atoms with Gasteiger partial charge in [0.15, 0.2) is 0 Å². The molecule has 0 bridgehead atoms. The molecule has 5 N–H and O–H groups in total. The molecule has 0 spiro atoms. The lowest BCUT2D eigenvalue weighted by atomic mass is 9.94. The Bertz CT molecular complexity index is 1070. The lowest BCUT2D eigenvalue weighted by molar-refractivity contribution is 0.100. The van der Waals surface area contributed by atoms with Gasteiger partial charge in [-0.15, -0.1) is 11.3 Å². The normalized spacial score (nSPS) is 12.3. The fourth-order valence-electron chi connectivity index (χ4n) is 3.25. The van der Waals surface area contributed by atoms with E-state index in [0.29, 0.717) is 35.1 Å². The number of hydrogen-bond donors (Lipinski definition) is 3. The van der Waals surface area contributed by atoms with Crippen molar-refractivity contribution >= 4 is 39.9 Å². The number of urea groups is 1. The Balaban J connectivity index is 1.75. The van der Waals surface area contributed by atoms with Gasteiger partial charge in [0, 0.05) is 28.4 Å². The second-order valence-corrected chi connectivity index (χ2v) is 7.49. The van der Waals surface area contributed by atoms with Crippen LogP contribution in [0.15, 0.2) is 24.5 Å². The highest BCUT2D eigenvalue weighted by atomic mass is 35.5. The van der Waals surface area contributed by atoms with E-state index in [4.69, 9.17) is 23.1 Å². The number of rotatable bonds is 4. The van der Waals surface area contributed by atoms with Gasteiger partial charge in [-0.05, 0) is 24.5 Å². The Morgan fingerprint density at radius 3 is 2.85 bits per heavy atom. The van der Waals surface area contributed by atoms with Crippen LogP contribution in [-0.2, 0) is 19.4 Å². The van der Waals surface area contributed by atoms with Crippen LogP contribution in [0.1, 0.15) is 27.2 Å². The highest BCUT2D eigenvalue weighted by molar-refractivity contribution is 7.20. The van der Waals surface area contributed by atoms with E-state index in [9.17, 15) is 9.59 Å². The van der Waals surface area contributed by atoms with E-state index in [0.717, 1.165) is 27.3 Å². The first-order chi connectivity index (χ1) is 12.9. The van der Waals surface area contributed by atoms with Crippen LogP contribution in [0.4, 0.5) is 9.80 Å². The average molecular weight is 403 g/mol. The summed E-state index contributed by atoms with van der Waals surface area (Å²) in [4.78, 5) is 28.1. The Kier molecular flexibility index (Phi) is 4.33. The monoisotopic (exact) mass is 402 g/mol. The van der Waals surface area contributed by atoms with Gasteiger partial charge in [0.25, 0.3) is 5.91 Å². The molecule has 0 saturated carbocycles. The molecule has 3 amide bonds. The summed E-state index contributed by atoms with van der Waals surface area (Å²) in [6.07, 6.45) is 4.83. The number of anilines is 1. The third-order valence-electron chi connectivity index (χ3n) is 4.35. The maximum atomic E-state index is 11.9. The summed E-state index contributed by atoms with van der Waals surface area (Å²) in [5, 5.41) is 7.95. The highest BCUT2D eigenvalue weighted by Gasteiger charge is 2.29. The smallest absolute Gasteiger partial charge is 0.317 e. The van der Waals surface area contributed by atoms with E-state index in [1.54, 1.807) is 10.9 Å². The molecule has 0 saturated heterocycles. The van der Waals surface area contributed by atoms with Gasteiger partial charge in [0.1, 0.15) is 10.2 Å². The lowest BCUT2D eigenvalue weighted by Gasteiger charge is -2.11. The number of halogens is 1. The van der Waals surface area contributed by atoms with Crippen LogP contribution in [-0.4, -0.2) is 26.7 Å². The summed E-state index contributed by atoms with van der Waals surface area (Å²) >= 11 is 7.42. The molecule has 0 fully saturated rings. The molecule has 4 rings (SSSR count). The standard InChI is InChI=1S/C17H15ClN6O2S/c18-14-8(2-1-5-21-14)6-24-7-10-11(23-24)4-3-9-12(15(19)25)16(22-17(20)26)27-13(9)10/h1-2,5,7H,3-4,6H2,(H2,19,25)(H3,20,22,26). The minimum absolute atomic E-state index is 0.322. The summed E-state index contributed by atoms with van der Waals surface area (Å²) in [5.41, 5.74) is 14.6. The van der Waals surface area contributed by atoms with Gasteiger partial charge in [-0.2, -0.15) is 5.10 Å². The van der Waals surface area contributed by atoms with Crippen molar-refractivity contribution in [1.29, 1.82) is 0 Å². The van der Waals surface area contributed by atoms with E-state index in [2.05, 4.69) is 15.4 Å². The van der Waals surface area contributed by atoms with Crippen LogP contribution in [0.3, 0.4) is 0 Å². The molecular weight excluding hydrogens is 388 g/mol. The first-order valence-electron chi connectivity index (χ1n) is 8.12. The van der Waals surface area contributed by atoms with Gasteiger partial charge >= 0.3 is 6.03 Å². The third kappa shape index (κ3) is 3.15. The minimum Gasteiger partial charge on any atom is -0.365 e. The Labute approximate surface area is 163 Å². The van der Waals surface area contributed by atoms with Crippen molar-refractivity contribution in [2.45, 2.75) is 19.4 Å². The zero-order valence-corrected chi connectivity index (χ0v) is 15.6. The number of carbonyl (C=O) groups is 2. The summed E-state index contributed by atoms with van der Waals surface area (Å²) in [6, 6.07) is 2.98. The molecule has 10 heteroatoms. The van der Waals surface area contributed by atoms with Crippen LogP contribution in [0.25, 0.3) is 10.4 Å². The number of fused-ring (bicyclic) bond motifs is 3. The molecule has 27 heavy (non-hydrogen) atoms. The molecule has 3 aromatic heterocycles. The molecule has 3 heterocycles. The van der Waals surface area contributed by atoms with Crippen molar-refractivity contribution in [3.63, 3.8) is 0 Å². The van der Waals surface area contributed by atoms with Crippen LogP contribution < -0.4 is 16.8 Å². The van der Waals surface area contributed by atoms with Gasteiger partial charge in [-0.3, -0.25) is 14.8 Å². The number of nitrogens with two attached hydrogens (primary N) is 2. The zero-order chi connectivity index (χ0) is 19.1. The number of thiophene rings is 1. The predicted molar refractivity (Wildman–Crippen MR) is 103 cm³/mol. The number of hydrogen-bond acceptors (Lipinski definition) is 5. The molecular formula is C17H15ClN6O2S.